The molecular formula is C19H21F2N3O2S. The highest BCUT2D eigenvalue weighted by molar-refractivity contribution is 7.21. The predicted molar refractivity (Wildman–Crippen MR) is 100 cm³/mol. The molecule has 1 atom stereocenters. The summed E-state index contributed by atoms with van der Waals surface area (Å²) in [6.45, 7) is 3.09. The molecule has 1 unspecified atom stereocenters. The van der Waals surface area contributed by atoms with Crippen molar-refractivity contribution >= 4 is 33.2 Å². The lowest BCUT2D eigenvalue weighted by Crippen LogP contribution is -2.54. The lowest BCUT2D eigenvalue weighted by Gasteiger charge is -2.35. The Kier molecular flexibility index (Phi) is 4.63. The molecule has 0 spiro atoms. The van der Waals surface area contributed by atoms with Gasteiger partial charge in [0.1, 0.15) is 0 Å². The molecule has 27 heavy (non-hydrogen) atoms. The van der Waals surface area contributed by atoms with Crippen LogP contribution in [0.1, 0.15) is 21.7 Å². The van der Waals surface area contributed by atoms with E-state index >= 15 is 0 Å². The Hall–Kier alpha value is -2.06. The van der Waals surface area contributed by atoms with Crippen molar-refractivity contribution in [2.75, 3.05) is 32.7 Å². The van der Waals surface area contributed by atoms with Gasteiger partial charge in [0.15, 0.2) is 0 Å². The highest BCUT2D eigenvalue weighted by Crippen LogP contribution is 2.32. The Morgan fingerprint density at radius 1 is 1.15 bits per heavy atom. The molecule has 3 heterocycles. The highest BCUT2D eigenvalue weighted by Gasteiger charge is 2.44. The summed E-state index contributed by atoms with van der Waals surface area (Å²) in [4.78, 5) is 29.4. The van der Waals surface area contributed by atoms with Crippen LogP contribution in [0, 0.1) is 6.92 Å². The maximum Gasteiger partial charge on any atom is 0.264 e. The van der Waals surface area contributed by atoms with Crippen LogP contribution in [0.15, 0.2) is 24.3 Å². The Balaban J connectivity index is 1.41. The maximum absolute atomic E-state index is 13.3. The fourth-order valence-electron chi connectivity index (χ4n) is 3.76. The van der Waals surface area contributed by atoms with Crippen molar-refractivity contribution in [2.45, 2.75) is 25.3 Å². The number of fused-ring (bicyclic) bond motifs is 1. The summed E-state index contributed by atoms with van der Waals surface area (Å²) < 4.78 is 27.7. The van der Waals surface area contributed by atoms with Crippen molar-refractivity contribution in [3.63, 3.8) is 0 Å². The number of halogens is 2. The number of piperazine rings is 1. The van der Waals surface area contributed by atoms with Crippen molar-refractivity contribution in [3.8, 4) is 0 Å². The van der Waals surface area contributed by atoms with Crippen LogP contribution in [0.3, 0.4) is 0 Å². The van der Waals surface area contributed by atoms with Crippen molar-refractivity contribution in [1.29, 1.82) is 0 Å². The van der Waals surface area contributed by atoms with E-state index in [4.69, 9.17) is 0 Å². The van der Waals surface area contributed by atoms with Gasteiger partial charge < -0.3 is 9.80 Å². The van der Waals surface area contributed by atoms with Crippen LogP contribution in [0.4, 0.5) is 8.78 Å². The van der Waals surface area contributed by atoms with Crippen LogP contribution in [-0.4, -0.2) is 66.3 Å². The molecule has 1 aromatic carbocycles. The summed E-state index contributed by atoms with van der Waals surface area (Å²) in [7, 11) is 0. The fourth-order valence-corrected chi connectivity index (χ4v) is 4.94. The quantitative estimate of drug-likeness (QED) is 0.853. The van der Waals surface area contributed by atoms with Crippen molar-refractivity contribution in [2.24, 2.45) is 0 Å². The molecule has 2 amide bonds. The second-order valence-electron chi connectivity index (χ2n) is 7.16. The zero-order chi connectivity index (χ0) is 19.2. The number of rotatable bonds is 2. The van der Waals surface area contributed by atoms with Gasteiger partial charge in [-0.25, -0.2) is 8.78 Å². The van der Waals surface area contributed by atoms with E-state index < -0.39 is 24.9 Å². The summed E-state index contributed by atoms with van der Waals surface area (Å²) in [6, 6.07) is 7.11. The molecule has 2 aliphatic heterocycles. The summed E-state index contributed by atoms with van der Waals surface area (Å²) >= 11 is 1.49. The number of hydrogen-bond acceptors (Lipinski definition) is 4. The normalized spacial score (nSPS) is 22.4. The molecule has 0 saturated carbocycles. The molecule has 0 radical (unpaired) electrons. The zero-order valence-corrected chi connectivity index (χ0v) is 15.8. The number of hydrogen-bond donors (Lipinski definition) is 1. The first-order valence-corrected chi connectivity index (χ1v) is 9.85. The second kappa shape index (κ2) is 6.83. The van der Waals surface area contributed by atoms with Crippen molar-refractivity contribution in [1.82, 2.24) is 15.1 Å². The fraction of sp³-hybridized carbons (Fsp3) is 0.474. The molecule has 1 aromatic heterocycles. The molecule has 2 aliphatic rings. The first kappa shape index (κ1) is 18.3. The van der Waals surface area contributed by atoms with Gasteiger partial charge >= 0.3 is 0 Å². The molecule has 2 fully saturated rings. The minimum absolute atomic E-state index is 0.0219. The molecule has 8 heteroatoms. The molecule has 2 saturated heterocycles. The number of alkyl halides is 2. The van der Waals surface area contributed by atoms with E-state index in [2.05, 4.69) is 5.32 Å². The van der Waals surface area contributed by atoms with Crippen LogP contribution in [0.5, 0.6) is 0 Å². The summed E-state index contributed by atoms with van der Waals surface area (Å²) in [5.74, 6) is -3.14. The maximum atomic E-state index is 13.3. The molecule has 0 bridgehead atoms. The summed E-state index contributed by atoms with van der Waals surface area (Å²) in [5.41, 5.74) is 0.983. The van der Waals surface area contributed by atoms with Gasteiger partial charge in [-0.1, -0.05) is 18.2 Å². The predicted octanol–water partition coefficient (Wildman–Crippen LogP) is 2.49. The number of nitrogens with zero attached hydrogens (tertiary/aromatic N) is 2. The van der Waals surface area contributed by atoms with Crippen LogP contribution >= 0.6 is 11.3 Å². The average molecular weight is 393 g/mol. The average Bonchev–Trinajstić information content (AvgIpc) is 3.20. The van der Waals surface area contributed by atoms with Gasteiger partial charge in [-0.15, -0.1) is 11.3 Å². The molecule has 1 N–H and O–H groups in total. The SMILES string of the molecule is Cc1c(C(=O)N2CCN(C(=O)C3CC(F)(F)CN3)CC2)sc2ccccc12. The first-order chi connectivity index (χ1) is 12.9. The van der Waals surface area contributed by atoms with E-state index in [0.29, 0.717) is 26.2 Å². The minimum atomic E-state index is -2.82. The highest BCUT2D eigenvalue weighted by atomic mass is 32.1. The number of amides is 2. The van der Waals surface area contributed by atoms with Crippen LogP contribution in [0.2, 0.25) is 0 Å². The smallest absolute Gasteiger partial charge is 0.264 e. The van der Waals surface area contributed by atoms with Crippen LogP contribution in [0.25, 0.3) is 10.1 Å². The van der Waals surface area contributed by atoms with Crippen LogP contribution in [-0.2, 0) is 4.79 Å². The number of carbonyl (C=O) groups is 2. The molecule has 2 aromatic rings. The van der Waals surface area contributed by atoms with Gasteiger partial charge in [-0.3, -0.25) is 14.9 Å². The van der Waals surface area contributed by atoms with Gasteiger partial charge in [-0.2, -0.15) is 0 Å². The van der Waals surface area contributed by atoms with Crippen molar-refractivity contribution < 1.29 is 18.4 Å². The Labute approximate surface area is 159 Å². The largest absolute Gasteiger partial charge is 0.338 e. The number of carbonyl (C=O) groups excluding carboxylic acids is 2. The third-order valence-corrected chi connectivity index (χ3v) is 6.59. The number of nitrogens with one attached hydrogen (secondary N) is 1. The lowest BCUT2D eigenvalue weighted by molar-refractivity contribution is -0.135. The topological polar surface area (TPSA) is 52.7 Å². The number of aryl methyl sites for hydroxylation is 1. The third-order valence-electron chi connectivity index (χ3n) is 5.32. The standard InChI is InChI=1S/C19H21F2N3O2S/c1-12-13-4-2-3-5-15(13)27-16(12)18(26)24-8-6-23(7-9-24)17(25)14-10-19(20,21)11-22-14/h2-5,14,22H,6-11H2,1H3. The number of benzene rings is 1. The molecule has 5 nitrogen and oxygen atoms in total. The van der Waals surface area contributed by atoms with E-state index in [1.54, 1.807) is 9.80 Å². The molecule has 0 aliphatic carbocycles. The second-order valence-corrected chi connectivity index (χ2v) is 8.22. The molecular weight excluding hydrogens is 372 g/mol. The van der Waals surface area contributed by atoms with Gasteiger partial charge in [-0.05, 0) is 23.9 Å². The minimum Gasteiger partial charge on any atom is -0.338 e. The van der Waals surface area contributed by atoms with E-state index in [0.717, 1.165) is 20.5 Å². The Morgan fingerprint density at radius 2 is 1.81 bits per heavy atom. The lowest BCUT2D eigenvalue weighted by atomic mass is 10.1. The van der Waals surface area contributed by atoms with Gasteiger partial charge in [0, 0.05) is 37.3 Å². The Bertz CT molecular complexity index is 890. The molecule has 144 valence electrons. The first-order valence-electron chi connectivity index (χ1n) is 9.03. The Morgan fingerprint density at radius 3 is 2.44 bits per heavy atom. The summed E-state index contributed by atoms with van der Waals surface area (Å²) in [6.07, 6.45) is -0.452. The zero-order valence-electron chi connectivity index (χ0n) is 15.0. The molecule has 4 rings (SSSR count). The summed E-state index contributed by atoms with van der Waals surface area (Å²) in [5, 5.41) is 3.70. The van der Waals surface area contributed by atoms with E-state index in [9.17, 15) is 18.4 Å². The third kappa shape index (κ3) is 3.43. The monoisotopic (exact) mass is 393 g/mol. The van der Waals surface area contributed by atoms with Gasteiger partial charge in [0.05, 0.1) is 17.5 Å². The van der Waals surface area contributed by atoms with Gasteiger partial charge in [0.2, 0.25) is 5.91 Å². The van der Waals surface area contributed by atoms with Crippen LogP contribution < -0.4 is 5.32 Å². The van der Waals surface area contributed by atoms with Gasteiger partial charge in [0.25, 0.3) is 11.8 Å². The van der Waals surface area contributed by atoms with E-state index in [1.807, 2.05) is 31.2 Å². The number of thiophene rings is 1. The van der Waals surface area contributed by atoms with E-state index in [-0.39, 0.29) is 11.8 Å². The van der Waals surface area contributed by atoms with Crippen molar-refractivity contribution in [3.05, 3.63) is 34.7 Å². The van der Waals surface area contributed by atoms with E-state index in [1.165, 1.54) is 11.3 Å².